The highest BCUT2D eigenvalue weighted by molar-refractivity contribution is 7.92. The van der Waals surface area contributed by atoms with E-state index in [9.17, 15) is 13.2 Å². The van der Waals surface area contributed by atoms with E-state index >= 15 is 0 Å². The Bertz CT molecular complexity index is 1180. The van der Waals surface area contributed by atoms with Gasteiger partial charge >= 0.3 is 0 Å². The third-order valence-corrected chi connectivity index (χ3v) is 6.14. The first-order valence-electron chi connectivity index (χ1n) is 9.20. The third-order valence-electron chi connectivity index (χ3n) is 4.42. The van der Waals surface area contributed by atoms with Gasteiger partial charge in [0.25, 0.3) is 15.9 Å². The summed E-state index contributed by atoms with van der Waals surface area (Å²) in [6.45, 7) is 0.218. The van der Waals surface area contributed by atoms with Gasteiger partial charge in [0.05, 0.1) is 29.7 Å². The minimum Gasteiger partial charge on any atom is -0.493 e. The molecule has 3 aromatic rings. The van der Waals surface area contributed by atoms with Crippen molar-refractivity contribution in [2.75, 3.05) is 18.9 Å². The van der Waals surface area contributed by atoms with Gasteiger partial charge in [0.15, 0.2) is 11.5 Å². The number of benzene rings is 3. The molecular weight excluding hydrogens is 440 g/mol. The van der Waals surface area contributed by atoms with Crippen molar-refractivity contribution in [1.29, 1.82) is 0 Å². The Morgan fingerprint density at radius 3 is 2.32 bits per heavy atom. The molecule has 3 rings (SSSR count). The number of rotatable bonds is 8. The van der Waals surface area contributed by atoms with Gasteiger partial charge in [-0.1, -0.05) is 35.9 Å². The first-order valence-corrected chi connectivity index (χ1v) is 11.1. The van der Waals surface area contributed by atoms with Crippen molar-refractivity contribution in [2.45, 2.75) is 11.4 Å². The van der Waals surface area contributed by atoms with Crippen molar-refractivity contribution >= 4 is 33.2 Å². The lowest BCUT2D eigenvalue weighted by atomic mass is 10.1. The van der Waals surface area contributed by atoms with Crippen molar-refractivity contribution in [2.24, 2.45) is 0 Å². The molecule has 3 aromatic carbocycles. The second kappa shape index (κ2) is 9.72. The van der Waals surface area contributed by atoms with Crippen molar-refractivity contribution < 1.29 is 22.7 Å². The third kappa shape index (κ3) is 5.48. The Morgan fingerprint density at radius 1 is 0.935 bits per heavy atom. The number of carbonyl (C=O) groups is 1. The summed E-state index contributed by atoms with van der Waals surface area (Å²) in [7, 11) is -0.717. The summed E-state index contributed by atoms with van der Waals surface area (Å²) >= 11 is 6.17. The van der Waals surface area contributed by atoms with E-state index in [0.717, 1.165) is 5.56 Å². The van der Waals surface area contributed by atoms with Crippen molar-refractivity contribution in [3.8, 4) is 11.5 Å². The molecule has 0 saturated heterocycles. The second-order valence-corrected chi connectivity index (χ2v) is 8.57. The van der Waals surface area contributed by atoms with Gasteiger partial charge in [-0.2, -0.15) is 0 Å². The molecule has 0 aliphatic rings. The normalized spacial score (nSPS) is 10.9. The van der Waals surface area contributed by atoms with Crippen molar-refractivity contribution in [1.82, 2.24) is 5.32 Å². The van der Waals surface area contributed by atoms with Crippen LogP contribution in [0, 0.1) is 0 Å². The van der Waals surface area contributed by atoms with Crippen LogP contribution in [0.15, 0.2) is 71.6 Å². The highest BCUT2D eigenvalue weighted by Crippen LogP contribution is 2.28. The molecule has 0 aliphatic carbocycles. The molecule has 0 aliphatic heterocycles. The number of methoxy groups -OCH3 is 2. The number of nitrogens with one attached hydrogen (secondary N) is 2. The molecule has 0 radical (unpaired) electrons. The molecule has 0 saturated carbocycles. The largest absolute Gasteiger partial charge is 0.493 e. The van der Waals surface area contributed by atoms with E-state index in [1.165, 1.54) is 37.4 Å². The second-order valence-electron chi connectivity index (χ2n) is 6.49. The van der Waals surface area contributed by atoms with Crippen molar-refractivity contribution in [3.05, 3.63) is 82.9 Å². The Hall–Kier alpha value is -3.23. The maximum Gasteiger partial charge on any atom is 0.261 e. The fraction of sp³-hybridized carbons (Fsp3) is 0.136. The van der Waals surface area contributed by atoms with Crippen molar-refractivity contribution in [3.63, 3.8) is 0 Å². The van der Waals surface area contributed by atoms with Crippen LogP contribution in [-0.4, -0.2) is 28.5 Å². The SMILES string of the molecule is COc1ccc(CNC(=O)c2cc(NS(=O)(=O)c3ccccc3)ccc2Cl)cc1OC. The molecule has 31 heavy (non-hydrogen) atoms. The highest BCUT2D eigenvalue weighted by Gasteiger charge is 2.17. The number of halogens is 1. The molecule has 0 unspecified atom stereocenters. The lowest BCUT2D eigenvalue weighted by Gasteiger charge is -2.12. The van der Waals surface area contributed by atoms with Gasteiger partial charge in [0.1, 0.15) is 0 Å². The van der Waals surface area contributed by atoms with E-state index < -0.39 is 15.9 Å². The molecule has 0 fully saturated rings. The number of hydrogen-bond donors (Lipinski definition) is 2. The topological polar surface area (TPSA) is 93.7 Å². The number of sulfonamides is 1. The summed E-state index contributed by atoms with van der Waals surface area (Å²) in [5.41, 5.74) is 1.17. The first kappa shape index (κ1) is 22.5. The van der Waals surface area contributed by atoms with Gasteiger partial charge in [0, 0.05) is 12.2 Å². The molecular formula is C22H21ClN2O5S. The maximum absolute atomic E-state index is 12.7. The van der Waals surface area contributed by atoms with Crippen LogP contribution in [0.2, 0.25) is 5.02 Å². The smallest absolute Gasteiger partial charge is 0.261 e. The van der Waals surface area contributed by atoms with Gasteiger partial charge in [-0.15, -0.1) is 0 Å². The van der Waals surface area contributed by atoms with Crippen LogP contribution >= 0.6 is 11.6 Å². The van der Waals surface area contributed by atoms with Gasteiger partial charge in [-0.05, 0) is 48.0 Å². The van der Waals surface area contributed by atoms with E-state index in [0.29, 0.717) is 11.5 Å². The summed E-state index contributed by atoms with van der Waals surface area (Å²) in [4.78, 5) is 12.8. The summed E-state index contributed by atoms with van der Waals surface area (Å²) in [5.74, 6) is 0.684. The molecule has 2 N–H and O–H groups in total. The number of anilines is 1. The van der Waals surface area contributed by atoms with Crippen LogP contribution in [0.4, 0.5) is 5.69 Å². The molecule has 7 nitrogen and oxygen atoms in total. The Labute approximate surface area is 186 Å². The fourth-order valence-corrected chi connectivity index (χ4v) is 4.12. The lowest BCUT2D eigenvalue weighted by molar-refractivity contribution is 0.0951. The number of ether oxygens (including phenoxy) is 2. The summed E-state index contributed by atoms with van der Waals surface area (Å²) < 4.78 is 38.0. The Kier molecular flexibility index (Phi) is 7.04. The zero-order valence-corrected chi connectivity index (χ0v) is 18.5. The zero-order valence-electron chi connectivity index (χ0n) is 16.9. The highest BCUT2D eigenvalue weighted by atomic mass is 35.5. The molecule has 0 atom stereocenters. The Balaban J connectivity index is 1.75. The van der Waals surface area contributed by atoms with E-state index in [4.69, 9.17) is 21.1 Å². The average Bonchev–Trinajstić information content (AvgIpc) is 2.79. The maximum atomic E-state index is 12.7. The molecule has 0 heterocycles. The quantitative estimate of drug-likeness (QED) is 0.528. The minimum absolute atomic E-state index is 0.115. The van der Waals surface area contributed by atoms with Crippen LogP contribution in [-0.2, 0) is 16.6 Å². The van der Waals surface area contributed by atoms with E-state index in [1.807, 2.05) is 0 Å². The predicted octanol–water partition coefficient (Wildman–Crippen LogP) is 4.09. The monoisotopic (exact) mass is 460 g/mol. The van der Waals surface area contributed by atoms with E-state index in [2.05, 4.69) is 10.0 Å². The summed E-state index contributed by atoms with van der Waals surface area (Å²) in [6.07, 6.45) is 0. The fourth-order valence-electron chi connectivity index (χ4n) is 2.84. The molecule has 0 spiro atoms. The molecule has 0 bridgehead atoms. The predicted molar refractivity (Wildman–Crippen MR) is 119 cm³/mol. The van der Waals surface area contributed by atoms with Crippen LogP contribution in [0.1, 0.15) is 15.9 Å². The van der Waals surface area contributed by atoms with Gasteiger partial charge < -0.3 is 14.8 Å². The van der Waals surface area contributed by atoms with Crippen LogP contribution in [0.25, 0.3) is 0 Å². The summed E-state index contributed by atoms with van der Waals surface area (Å²) in [5, 5.41) is 2.97. The molecule has 162 valence electrons. The van der Waals surface area contributed by atoms with Crippen LogP contribution < -0.4 is 19.5 Å². The standard InChI is InChI=1S/C22H21ClN2O5S/c1-29-20-11-8-15(12-21(20)30-2)14-24-22(26)18-13-16(9-10-19(18)23)25-31(27,28)17-6-4-3-5-7-17/h3-13,25H,14H2,1-2H3,(H,24,26). The minimum atomic E-state index is -3.79. The molecule has 1 amide bonds. The number of carbonyl (C=O) groups excluding carboxylic acids is 1. The number of hydrogen-bond acceptors (Lipinski definition) is 5. The molecule has 0 aromatic heterocycles. The van der Waals surface area contributed by atoms with Crippen LogP contribution in [0.5, 0.6) is 11.5 Å². The van der Waals surface area contributed by atoms with Gasteiger partial charge in [0.2, 0.25) is 0 Å². The Morgan fingerprint density at radius 2 is 1.65 bits per heavy atom. The summed E-state index contributed by atoms with van der Waals surface area (Å²) in [6, 6.07) is 17.6. The van der Waals surface area contributed by atoms with Gasteiger partial charge in [-0.3, -0.25) is 9.52 Å². The first-order chi connectivity index (χ1) is 14.8. The lowest BCUT2D eigenvalue weighted by Crippen LogP contribution is -2.23. The number of amides is 1. The molecule has 9 heteroatoms. The van der Waals surface area contributed by atoms with E-state index in [1.54, 1.807) is 43.5 Å². The average molecular weight is 461 g/mol. The van der Waals surface area contributed by atoms with Gasteiger partial charge in [-0.25, -0.2) is 8.42 Å². The zero-order chi connectivity index (χ0) is 22.4. The van der Waals surface area contributed by atoms with Crippen LogP contribution in [0.3, 0.4) is 0 Å². The van der Waals surface area contributed by atoms with E-state index in [-0.39, 0.29) is 27.7 Å².